The molecule has 0 radical (unpaired) electrons. The Kier molecular flexibility index (Phi) is 3.51. The maximum absolute atomic E-state index is 12.0. The highest BCUT2D eigenvalue weighted by atomic mass is 16.1. The molecule has 1 nitrogen and oxygen atoms in total. The maximum Gasteiger partial charge on any atom is 0.186 e. The number of carbonyl (C=O) groups excluding carboxylic acids is 1. The minimum atomic E-state index is 0.0481. The fourth-order valence-electron chi connectivity index (χ4n) is 1.67. The van der Waals surface area contributed by atoms with Crippen LogP contribution in [0.15, 0.2) is 66.7 Å². The number of benzene rings is 2. The molecular weight excluding hydrogens is 208 g/mol. The van der Waals surface area contributed by atoms with E-state index >= 15 is 0 Å². The van der Waals surface area contributed by atoms with Crippen LogP contribution in [0.25, 0.3) is 5.57 Å². The van der Waals surface area contributed by atoms with E-state index in [-0.39, 0.29) is 5.78 Å². The first-order valence-electron chi connectivity index (χ1n) is 5.60. The van der Waals surface area contributed by atoms with Gasteiger partial charge in [-0.2, -0.15) is 0 Å². The molecule has 2 rings (SSSR count). The lowest BCUT2D eigenvalue weighted by Gasteiger charge is -2.01. The van der Waals surface area contributed by atoms with Gasteiger partial charge in [-0.1, -0.05) is 60.7 Å². The van der Waals surface area contributed by atoms with Gasteiger partial charge in [0.05, 0.1) is 0 Å². The summed E-state index contributed by atoms with van der Waals surface area (Å²) in [7, 11) is 0. The second kappa shape index (κ2) is 5.26. The third-order valence-corrected chi connectivity index (χ3v) is 2.64. The molecule has 0 aliphatic heterocycles. The van der Waals surface area contributed by atoms with Crippen LogP contribution in [0.2, 0.25) is 0 Å². The van der Waals surface area contributed by atoms with Crippen LogP contribution in [0, 0.1) is 0 Å². The van der Waals surface area contributed by atoms with E-state index in [1.165, 1.54) is 0 Å². The lowest BCUT2D eigenvalue weighted by Crippen LogP contribution is -1.94. The molecule has 2 aromatic carbocycles. The maximum atomic E-state index is 12.0. The topological polar surface area (TPSA) is 17.1 Å². The molecule has 0 aliphatic rings. The van der Waals surface area contributed by atoms with Crippen molar-refractivity contribution in [3.05, 3.63) is 77.9 Å². The molecule has 1 heteroatoms. The van der Waals surface area contributed by atoms with Crippen molar-refractivity contribution in [3.63, 3.8) is 0 Å². The summed E-state index contributed by atoms with van der Waals surface area (Å²) in [5, 5.41) is 0. The summed E-state index contributed by atoms with van der Waals surface area (Å²) in [6.45, 7) is 1.95. The predicted octanol–water partition coefficient (Wildman–Crippen LogP) is 3.97. The predicted molar refractivity (Wildman–Crippen MR) is 70.9 cm³/mol. The lowest BCUT2D eigenvalue weighted by molar-refractivity contribution is 0.104. The van der Waals surface area contributed by atoms with Gasteiger partial charge < -0.3 is 0 Å². The van der Waals surface area contributed by atoms with Gasteiger partial charge in [-0.3, -0.25) is 4.79 Å². The van der Waals surface area contributed by atoms with Gasteiger partial charge in [0, 0.05) is 5.56 Å². The first kappa shape index (κ1) is 11.3. The van der Waals surface area contributed by atoms with Crippen molar-refractivity contribution in [3.8, 4) is 0 Å². The Morgan fingerprint density at radius 1 is 0.824 bits per heavy atom. The fraction of sp³-hybridized carbons (Fsp3) is 0.0625. The van der Waals surface area contributed by atoms with Crippen molar-refractivity contribution in [2.45, 2.75) is 6.92 Å². The summed E-state index contributed by atoms with van der Waals surface area (Å²) in [6.07, 6.45) is 1.69. The monoisotopic (exact) mass is 222 g/mol. The third-order valence-electron chi connectivity index (χ3n) is 2.64. The molecule has 84 valence electrons. The van der Waals surface area contributed by atoms with Crippen LogP contribution in [0.5, 0.6) is 0 Å². The minimum absolute atomic E-state index is 0.0481. The first-order chi connectivity index (χ1) is 8.27. The Morgan fingerprint density at radius 3 is 1.82 bits per heavy atom. The van der Waals surface area contributed by atoms with Crippen LogP contribution >= 0.6 is 0 Å². The molecule has 0 bridgehead atoms. The second-order valence-corrected chi connectivity index (χ2v) is 3.92. The van der Waals surface area contributed by atoms with Crippen molar-refractivity contribution in [1.29, 1.82) is 0 Å². The quantitative estimate of drug-likeness (QED) is 0.567. The highest BCUT2D eigenvalue weighted by molar-refractivity contribution is 6.08. The normalized spacial score (nSPS) is 11.2. The van der Waals surface area contributed by atoms with Crippen molar-refractivity contribution >= 4 is 11.4 Å². The highest BCUT2D eigenvalue weighted by Crippen LogP contribution is 2.14. The van der Waals surface area contributed by atoms with Crippen LogP contribution in [0.3, 0.4) is 0 Å². The van der Waals surface area contributed by atoms with Crippen molar-refractivity contribution in [2.24, 2.45) is 0 Å². The zero-order valence-electron chi connectivity index (χ0n) is 9.76. The molecule has 0 aromatic heterocycles. The molecule has 17 heavy (non-hydrogen) atoms. The van der Waals surface area contributed by atoms with E-state index in [9.17, 15) is 4.79 Å². The van der Waals surface area contributed by atoms with Crippen LogP contribution in [0.4, 0.5) is 0 Å². The molecular formula is C16H14O. The van der Waals surface area contributed by atoms with Crippen LogP contribution in [-0.2, 0) is 0 Å². The number of allylic oxidation sites excluding steroid dienone is 2. The van der Waals surface area contributed by atoms with E-state index in [1.807, 2.05) is 67.6 Å². The zero-order valence-corrected chi connectivity index (χ0v) is 9.76. The van der Waals surface area contributed by atoms with Crippen molar-refractivity contribution < 1.29 is 4.79 Å². The number of hydrogen-bond donors (Lipinski definition) is 0. The van der Waals surface area contributed by atoms with E-state index in [0.717, 1.165) is 16.7 Å². The number of rotatable bonds is 3. The van der Waals surface area contributed by atoms with Gasteiger partial charge >= 0.3 is 0 Å². The SMILES string of the molecule is CC(=CC(=O)c1ccccc1)c1ccccc1. The van der Waals surface area contributed by atoms with Gasteiger partial charge in [-0.25, -0.2) is 0 Å². The summed E-state index contributed by atoms with van der Waals surface area (Å²) in [6, 6.07) is 19.2. The molecule has 0 saturated heterocycles. The molecule has 0 N–H and O–H groups in total. The molecule has 0 aliphatic carbocycles. The third kappa shape index (κ3) is 2.91. The van der Waals surface area contributed by atoms with Gasteiger partial charge in [0.1, 0.15) is 0 Å². The van der Waals surface area contributed by atoms with Crippen molar-refractivity contribution in [1.82, 2.24) is 0 Å². The molecule has 0 saturated carbocycles. The molecule has 0 atom stereocenters. The Bertz CT molecular complexity index is 524. The van der Waals surface area contributed by atoms with Gasteiger partial charge in [0.2, 0.25) is 0 Å². The Hall–Kier alpha value is -2.15. The fourth-order valence-corrected chi connectivity index (χ4v) is 1.67. The largest absolute Gasteiger partial charge is 0.289 e. The summed E-state index contributed by atoms with van der Waals surface area (Å²) in [5.74, 6) is 0.0481. The minimum Gasteiger partial charge on any atom is -0.289 e. The number of hydrogen-bond acceptors (Lipinski definition) is 1. The average molecular weight is 222 g/mol. The van der Waals surface area contributed by atoms with Gasteiger partial charge in [0.15, 0.2) is 5.78 Å². The molecule has 0 fully saturated rings. The summed E-state index contributed by atoms with van der Waals surface area (Å²) < 4.78 is 0. The Balaban J connectivity index is 2.24. The number of carbonyl (C=O) groups is 1. The zero-order chi connectivity index (χ0) is 12.1. The van der Waals surface area contributed by atoms with Gasteiger partial charge in [-0.15, -0.1) is 0 Å². The molecule has 0 unspecified atom stereocenters. The number of ketones is 1. The molecule has 0 spiro atoms. The van der Waals surface area contributed by atoms with E-state index < -0.39 is 0 Å². The Morgan fingerprint density at radius 2 is 1.29 bits per heavy atom. The molecule has 2 aromatic rings. The average Bonchev–Trinajstić information content (AvgIpc) is 2.40. The van der Waals surface area contributed by atoms with E-state index in [1.54, 1.807) is 6.08 Å². The summed E-state index contributed by atoms with van der Waals surface area (Å²) in [5.41, 5.74) is 2.79. The highest BCUT2D eigenvalue weighted by Gasteiger charge is 2.02. The molecule has 0 heterocycles. The Labute approximate surface area is 101 Å². The van der Waals surface area contributed by atoms with Crippen LogP contribution in [0.1, 0.15) is 22.8 Å². The first-order valence-corrected chi connectivity index (χ1v) is 5.60. The van der Waals surface area contributed by atoms with E-state index in [2.05, 4.69) is 0 Å². The smallest absolute Gasteiger partial charge is 0.186 e. The van der Waals surface area contributed by atoms with Crippen molar-refractivity contribution in [2.75, 3.05) is 0 Å². The lowest BCUT2D eigenvalue weighted by atomic mass is 10.0. The summed E-state index contributed by atoms with van der Waals surface area (Å²) >= 11 is 0. The van der Waals surface area contributed by atoms with E-state index in [0.29, 0.717) is 0 Å². The molecule has 0 amide bonds. The van der Waals surface area contributed by atoms with E-state index in [4.69, 9.17) is 0 Å². The van der Waals surface area contributed by atoms with Crippen LogP contribution < -0.4 is 0 Å². The van der Waals surface area contributed by atoms with Crippen LogP contribution in [-0.4, -0.2) is 5.78 Å². The standard InChI is InChI=1S/C16H14O/c1-13(14-8-4-2-5-9-14)12-16(17)15-10-6-3-7-11-15/h2-12H,1H3. The van der Waals surface area contributed by atoms with Gasteiger partial charge in [-0.05, 0) is 24.1 Å². The summed E-state index contributed by atoms with van der Waals surface area (Å²) in [4.78, 5) is 12.0. The second-order valence-electron chi connectivity index (χ2n) is 3.92. The van der Waals surface area contributed by atoms with Gasteiger partial charge in [0.25, 0.3) is 0 Å².